The molecule has 0 saturated carbocycles. The number of pyridine rings is 1. The molecular weight excluding hydrogens is 408 g/mol. The first-order valence-corrected chi connectivity index (χ1v) is 10.5. The van der Waals surface area contributed by atoms with Crippen LogP contribution in [0.5, 0.6) is 5.75 Å². The number of hydrogen-bond acceptors (Lipinski definition) is 4. The number of nitrogens with one attached hydrogen (secondary N) is 2. The molecule has 4 aromatic rings. The van der Waals surface area contributed by atoms with Crippen molar-refractivity contribution in [3.63, 3.8) is 0 Å². The van der Waals surface area contributed by atoms with Crippen LogP contribution in [0.15, 0.2) is 72.9 Å². The molecule has 0 bridgehead atoms. The zero-order valence-corrected chi connectivity index (χ0v) is 17.6. The van der Waals surface area contributed by atoms with Crippen molar-refractivity contribution in [2.24, 2.45) is 0 Å². The highest BCUT2D eigenvalue weighted by Gasteiger charge is 2.14. The molecule has 2 aromatic carbocycles. The molecule has 2 N–H and O–H groups in total. The van der Waals surface area contributed by atoms with Crippen LogP contribution < -0.4 is 10.1 Å². The molecule has 0 spiro atoms. The first-order chi connectivity index (χ1) is 15.2. The number of imidazole rings is 1. The summed E-state index contributed by atoms with van der Waals surface area (Å²) in [6.07, 6.45) is 4.48. The minimum atomic E-state index is 0.502. The number of aromatic amines is 1. The lowest BCUT2D eigenvalue weighted by Gasteiger charge is -2.12. The van der Waals surface area contributed by atoms with Crippen molar-refractivity contribution in [2.45, 2.75) is 19.6 Å². The molecule has 1 aliphatic rings. The van der Waals surface area contributed by atoms with Crippen molar-refractivity contribution in [3.05, 3.63) is 106 Å². The Kier molecular flexibility index (Phi) is 5.42. The third kappa shape index (κ3) is 4.47. The van der Waals surface area contributed by atoms with E-state index in [9.17, 15) is 0 Å². The van der Waals surface area contributed by atoms with Gasteiger partial charge in [0.2, 0.25) is 0 Å². The average Bonchev–Trinajstić information content (AvgIpc) is 3.24. The van der Waals surface area contributed by atoms with Crippen molar-refractivity contribution in [1.82, 2.24) is 20.3 Å². The van der Waals surface area contributed by atoms with Gasteiger partial charge in [0.05, 0.1) is 17.9 Å². The maximum Gasteiger partial charge on any atom is 0.156 e. The molecule has 0 aliphatic carbocycles. The van der Waals surface area contributed by atoms with E-state index in [1.165, 1.54) is 0 Å². The molecule has 0 fully saturated rings. The molecule has 0 amide bonds. The molecule has 5 nitrogen and oxygen atoms in total. The summed E-state index contributed by atoms with van der Waals surface area (Å²) in [6, 6.07) is 21.8. The van der Waals surface area contributed by atoms with Crippen LogP contribution in [0, 0.1) is 0 Å². The monoisotopic (exact) mass is 428 g/mol. The molecule has 0 atom stereocenters. The first-order valence-electron chi connectivity index (χ1n) is 10.1. The Labute approximate surface area is 185 Å². The summed E-state index contributed by atoms with van der Waals surface area (Å²) in [6.45, 7) is 1.24. The fourth-order valence-corrected chi connectivity index (χ4v) is 3.78. The molecule has 0 saturated heterocycles. The van der Waals surface area contributed by atoms with Crippen molar-refractivity contribution in [1.29, 1.82) is 0 Å². The number of ether oxygens (including phenoxy) is 1. The van der Waals surface area contributed by atoms with Gasteiger partial charge in [-0.3, -0.25) is 0 Å². The molecule has 3 heterocycles. The number of aromatic nitrogens is 3. The number of rotatable bonds is 6. The van der Waals surface area contributed by atoms with Gasteiger partial charge in [0.1, 0.15) is 18.1 Å². The van der Waals surface area contributed by atoms with Crippen molar-refractivity contribution >= 4 is 17.7 Å². The van der Waals surface area contributed by atoms with E-state index in [0.29, 0.717) is 18.1 Å². The minimum absolute atomic E-state index is 0.502. The van der Waals surface area contributed by atoms with Crippen LogP contribution in [0.2, 0.25) is 5.02 Å². The summed E-state index contributed by atoms with van der Waals surface area (Å²) >= 11 is 6.28. The number of halogens is 1. The van der Waals surface area contributed by atoms with Gasteiger partial charge in [0.25, 0.3) is 0 Å². The van der Waals surface area contributed by atoms with Crippen LogP contribution in [0.3, 0.4) is 0 Å². The summed E-state index contributed by atoms with van der Waals surface area (Å²) in [5.41, 5.74) is 5.87. The van der Waals surface area contributed by atoms with Crippen LogP contribution >= 0.6 is 11.6 Å². The number of H-pyrrole nitrogens is 1. The second kappa shape index (κ2) is 8.66. The van der Waals surface area contributed by atoms with E-state index < -0.39 is 0 Å². The summed E-state index contributed by atoms with van der Waals surface area (Å²) in [5, 5.41) is 3.86. The van der Waals surface area contributed by atoms with Gasteiger partial charge >= 0.3 is 0 Å². The first kappa shape index (κ1) is 19.4. The third-order valence-corrected chi connectivity index (χ3v) is 5.36. The quantitative estimate of drug-likeness (QED) is 0.433. The highest BCUT2D eigenvalue weighted by atomic mass is 35.5. The van der Waals surface area contributed by atoms with E-state index in [-0.39, 0.29) is 0 Å². The van der Waals surface area contributed by atoms with Gasteiger partial charge in [-0.1, -0.05) is 48.0 Å². The zero-order chi connectivity index (χ0) is 21.0. The SMILES string of the molecule is Clc1ccc(OCc2ccccc2)c(Cc2cccc(-c3nc4c([nH]3)CNC=C4)n2)c1. The highest BCUT2D eigenvalue weighted by molar-refractivity contribution is 6.30. The van der Waals surface area contributed by atoms with Gasteiger partial charge < -0.3 is 15.0 Å². The lowest BCUT2D eigenvalue weighted by molar-refractivity contribution is 0.303. The smallest absolute Gasteiger partial charge is 0.156 e. The number of benzene rings is 2. The van der Waals surface area contributed by atoms with Crippen LogP contribution in [-0.4, -0.2) is 15.0 Å². The van der Waals surface area contributed by atoms with Crippen molar-refractivity contribution < 1.29 is 4.74 Å². The van der Waals surface area contributed by atoms with Gasteiger partial charge in [-0.2, -0.15) is 0 Å². The fraction of sp³-hybridized carbons (Fsp3) is 0.120. The predicted octanol–water partition coefficient (Wildman–Crippen LogP) is 5.37. The largest absolute Gasteiger partial charge is 0.489 e. The highest BCUT2D eigenvalue weighted by Crippen LogP contribution is 2.27. The summed E-state index contributed by atoms with van der Waals surface area (Å²) in [7, 11) is 0. The topological polar surface area (TPSA) is 62.8 Å². The third-order valence-electron chi connectivity index (χ3n) is 5.13. The summed E-state index contributed by atoms with van der Waals surface area (Å²) < 4.78 is 6.10. The van der Waals surface area contributed by atoms with Gasteiger partial charge in [0.15, 0.2) is 5.82 Å². The molecule has 0 radical (unpaired) electrons. The van der Waals surface area contributed by atoms with E-state index >= 15 is 0 Å². The molecule has 2 aromatic heterocycles. The molecule has 154 valence electrons. The zero-order valence-electron chi connectivity index (χ0n) is 16.8. The van der Waals surface area contributed by atoms with Crippen LogP contribution in [0.1, 0.15) is 28.2 Å². The van der Waals surface area contributed by atoms with Gasteiger partial charge in [-0.25, -0.2) is 9.97 Å². The van der Waals surface area contributed by atoms with Crippen LogP contribution in [0.25, 0.3) is 17.6 Å². The summed E-state index contributed by atoms with van der Waals surface area (Å²) in [4.78, 5) is 12.9. The molecular formula is C25H21ClN4O. The number of hydrogen-bond donors (Lipinski definition) is 2. The summed E-state index contributed by atoms with van der Waals surface area (Å²) in [5.74, 6) is 1.58. The number of nitrogens with zero attached hydrogens (tertiary/aromatic N) is 2. The second-order valence-electron chi connectivity index (χ2n) is 7.38. The van der Waals surface area contributed by atoms with Gasteiger partial charge in [0, 0.05) is 22.7 Å². The average molecular weight is 429 g/mol. The fourth-order valence-electron chi connectivity index (χ4n) is 3.58. The molecule has 1 aliphatic heterocycles. The van der Waals surface area contributed by atoms with Crippen molar-refractivity contribution in [2.75, 3.05) is 0 Å². The Morgan fingerprint density at radius 1 is 0.968 bits per heavy atom. The maximum atomic E-state index is 6.28. The molecule has 0 unspecified atom stereocenters. The van der Waals surface area contributed by atoms with Gasteiger partial charge in [-0.05, 0) is 48.2 Å². The van der Waals surface area contributed by atoms with E-state index in [2.05, 4.69) is 15.3 Å². The van der Waals surface area contributed by atoms with E-state index in [4.69, 9.17) is 21.3 Å². The van der Waals surface area contributed by atoms with Crippen molar-refractivity contribution in [3.8, 4) is 17.3 Å². The normalized spacial score (nSPS) is 12.3. The number of fused-ring (bicyclic) bond motifs is 1. The van der Waals surface area contributed by atoms with Gasteiger partial charge in [-0.15, -0.1) is 0 Å². The lowest BCUT2D eigenvalue weighted by Crippen LogP contribution is -2.09. The predicted molar refractivity (Wildman–Crippen MR) is 123 cm³/mol. The minimum Gasteiger partial charge on any atom is -0.489 e. The Morgan fingerprint density at radius 3 is 2.74 bits per heavy atom. The maximum absolute atomic E-state index is 6.28. The van der Waals surface area contributed by atoms with E-state index in [1.54, 1.807) is 0 Å². The standard InChI is InChI=1S/C25H21ClN4O/c26-19-9-10-24(31-16-17-5-2-1-3-6-17)18(13-19)14-20-7-4-8-22(28-20)25-29-21-11-12-27-15-23(21)30-25/h1-13,27H,14-16H2,(H,29,30). The molecule has 6 heteroatoms. The van der Waals surface area contributed by atoms with E-state index in [0.717, 1.165) is 52.0 Å². The lowest BCUT2D eigenvalue weighted by atomic mass is 10.1. The Hall–Kier alpha value is -3.57. The molecule has 31 heavy (non-hydrogen) atoms. The Bertz CT molecular complexity index is 1230. The van der Waals surface area contributed by atoms with E-state index in [1.807, 2.05) is 79.0 Å². The Balaban J connectivity index is 1.38. The second-order valence-corrected chi connectivity index (χ2v) is 7.82. The van der Waals surface area contributed by atoms with Crippen LogP contribution in [0.4, 0.5) is 0 Å². The molecule has 5 rings (SSSR count). The Morgan fingerprint density at radius 2 is 1.87 bits per heavy atom. The van der Waals surface area contributed by atoms with Crippen LogP contribution in [-0.2, 0) is 19.6 Å².